The van der Waals surface area contributed by atoms with Gasteiger partial charge in [-0.1, -0.05) is 12.1 Å². The van der Waals surface area contributed by atoms with Gasteiger partial charge in [0.15, 0.2) is 0 Å². The molecule has 1 aliphatic rings. The van der Waals surface area contributed by atoms with Crippen molar-refractivity contribution < 1.29 is 9.13 Å². The Balaban J connectivity index is 1.52. The second-order valence-electron chi connectivity index (χ2n) is 5.16. The molecule has 0 unspecified atom stereocenters. The molecule has 22 heavy (non-hydrogen) atoms. The summed E-state index contributed by atoms with van der Waals surface area (Å²) < 4.78 is 21.2. The van der Waals surface area contributed by atoms with Crippen molar-refractivity contribution in [1.29, 1.82) is 0 Å². The Labute approximate surface area is 134 Å². The number of nitrogens with one attached hydrogen (secondary N) is 1. The fourth-order valence-corrected chi connectivity index (χ4v) is 3.20. The van der Waals surface area contributed by atoms with Gasteiger partial charge >= 0.3 is 0 Å². The quantitative estimate of drug-likeness (QED) is 0.855. The zero-order valence-corrected chi connectivity index (χ0v) is 13.1. The summed E-state index contributed by atoms with van der Waals surface area (Å²) in [4.78, 5) is 1.21. The molecule has 0 atom stereocenters. The van der Waals surface area contributed by atoms with Gasteiger partial charge in [-0.2, -0.15) is 0 Å². The van der Waals surface area contributed by atoms with Crippen LogP contribution < -0.4 is 10.1 Å². The van der Waals surface area contributed by atoms with Crippen LogP contribution in [0.15, 0.2) is 53.4 Å². The summed E-state index contributed by atoms with van der Waals surface area (Å²) in [6.45, 7) is 4.58. The zero-order chi connectivity index (χ0) is 15.2. The van der Waals surface area contributed by atoms with Crippen LogP contribution in [-0.4, -0.2) is 30.5 Å². The minimum atomic E-state index is -0.233. The molecular formula is C17H19FN2OS. The van der Waals surface area contributed by atoms with Crippen LogP contribution in [0.5, 0.6) is 5.75 Å². The predicted molar refractivity (Wildman–Crippen MR) is 87.5 cm³/mol. The molecule has 2 aromatic rings. The third-order valence-corrected chi connectivity index (χ3v) is 4.54. The highest BCUT2D eigenvalue weighted by Gasteiger charge is 2.10. The molecule has 5 heteroatoms. The highest BCUT2D eigenvalue weighted by Crippen LogP contribution is 2.25. The summed E-state index contributed by atoms with van der Waals surface area (Å²) in [7, 11) is 0. The van der Waals surface area contributed by atoms with Gasteiger partial charge in [0.2, 0.25) is 0 Å². The van der Waals surface area contributed by atoms with Gasteiger partial charge in [0.25, 0.3) is 0 Å². The molecule has 3 rings (SSSR count). The maximum atomic E-state index is 13.1. The molecule has 0 radical (unpaired) electrons. The molecule has 0 amide bonds. The van der Waals surface area contributed by atoms with Crippen molar-refractivity contribution in [3.05, 3.63) is 59.9 Å². The summed E-state index contributed by atoms with van der Waals surface area (Å²) in [5, 5.41) is 3.34. The summed E-state index contributed by atoms with van der Waals surface area (Å²) in [6.07, 6.45) is 0. The molecule has 1 fully saturated rings. The van der Waals surface area contributed by atoms with Crippen molar-refractivity contribution in [1.82, 2.24) is 9.62 Å². The Morgan fingerprint density at radius 3 is 2.59 bits per heavy atom. The highest BCUT2D eigenvalue weighted by molar-refractivity contribution is 7.97. The summed E-state index contributed by atoms with van der Waals surface area (Å²) in [6, 6.07) is 14.5. The summed E-state index contributed by atoms with van der Waals surface area (Å²) in [5.41, 5.74) is 0.833. The zero-order valence-electron chi connectivity index (χ0n) is 12.3. The number of halogens is 1. The van der Waals surface area contributed by atoms with Gasteiger partial charge in [-0.15, -0.1) is 0 Å². The van der Waals surface area contributed by atoms with E-state index in [1.54, 1.807) is 18.0 Å². The van der Waals surface area contributed by atoms with Gasteiger partial charge < -0.3 is 10.1 Å². The van der Waals surface area contributed by atoms with Crippen LogP contribution in [0.25, 0.3) is 0 Å². The fourth-order valence-electron chi connectivity index (χ4n) is 2.27. The van der Waals surface area contributed by atoms with E-state index in [9.17, 15) is 4.39 Å². The molecule has 0 aromatic heterocycles. The van der Waals surface area contributed by atoms with Crippen molar-refractivity contribution in [3.63, 3.8) is 0 Å². The lowest BCUT2D eigenvalue weighted by Gasteiger charge is -2.25. The molecule has 2 aromatic carbocycles. The molecular weight excluding hydrogens is 299 g/mol. The van der Waals surface area contributed by atoms with Gasteiger partial charge in [-0.05, 0) is 53.9 Å². The molecule has 1 heterocycles. The molecule has 1 aliphatic heterocycles. The average Bonchev–Trinajstić information content (AvgIpc) is 2.55. The van der Waals surface area contributed by atoms with E-state index in [1.807, 2.05) is 18.2 Å². The number of piperazine rings is 1. The lowest BCUT2D eigenvalue weighted by atomic mass is 10.2. The Hall–Kier alpha value is -1.56. The predicted octanol–water partition coefficient (Wildman–Crippen LogP) is 3.32. The van der Waals surface area contributed by atoms with Crippen LogP contribution in [0.1, 0.15) is 5.56 Å². The molecule has 1 saturated heterocycles. The number of hydrogen-bond donors (Lipinski definition) is 1. The molecule has 1 N–H and O–H groups in total. The number of benzene rings is 2. The Kier molecular flexibility index (Phi) is 5.32. The number of ether oxygens (including phenoxy) is 1. The van der Waals surface area contributed by atoms with Crippen LogP contribution in [0.4, 0.5) is 4.39 Å². The number of nitrogens with zero attached hydrogens (tertiary/aromatic N) is 1. The van der Waals surface area contributed by atoms with Crippen LogP contribution in [-0.2, 0) is 6.61 Å². The van der Waals surface area contributed by atoms with Crippen molar-refractivity contribution in [2.24, 2.45) is 0 Å². The fraction of sp³-hybridized carbons (Fsp3) is 0.294. The first kappa shape index (κ1) is 15.3. The first-order valence-electron chi connectivity index (χ1n) is 7.40. The topological polar surface area (TPSA) is 24.5 Å². The van der Waals surface area contributed by atoms with Gasteiger partial charge in [0.1, 0.15) is 18.2 Å². The number of hydrogen-bond acceptors (Lipinski definition) is 4. The summed E-state index contributed by atoms with van der Waals surface area (Å²) in [5.74, 6) is 0.567. The van der Waals surface area contributed by atoms with E-state index < -0.39 is 0 Å². The van der Waals surface area contributed by atoms with Gasteiger partial charge in [0.05, 0.1) is 0 Å². The molecule has 0 aliphatic carbocycles. The lowest BCUT2D eigenvalue weighted by Crippen LogP contribution is -2.39. The average molecular weight is 318 g/mol. The lowest BCUT2D eigenvalue weighted by molar-refractivity contribution is 0.305. The van der Waals surface area contributed by atoms with Gasteiger partial charge in [-0.3, -0.25) is 0 Å². The van der Waals surface area contributed by atoms with Crippen LogP contribution >= 0.6 is 11.9 Å². The Morgan fingerprint density at radius 1 is 1.09 bits per heavy atom. The van der Waals surface area contributed by atoms with Crippen molar-refractivity contribution in [3.8, 4) is 5.75 Å². The molecule has 3 nitrogen and oxygen atoms in total. The Morgan fingerprint density at radius 2 is 1.86 bits per heavy atom. The second kappa shape index (κ2) is 7.63. The van der Waals surface area contributed by atoms with Crippen molar-refractivity contribution >= 4 is 11.9 Å². The maximum Gasteiger partial charge on any atom is 0.123 e. The van der Waals surface area contributed by atoms with E-state index in [2.05, 4.69) is 21.8 Å². The molecule has 0 saturated carbocycles. The first-order valence-corrected chi connectivity index (χ1v) is 8.18. The smallest absolute Gasteiger partial charge is 0.123 e. The minimum absolute atomic E-state index is 0.233. The van der Waals surface area contributed by atoms with E-state index in [4.69, 9.17) is 4.74 Å². The molecule has 0 spiro atoms. The van der Waals surface area contributed by atoms with Gasteiger partial charge in [-0.25, -0.2) is 8.70 Å². The van der Waals surface area contributed by atoms with E-state index in [0.29, 0.717) is 6.61 Å². The van der Waals surface area contributed by atoms with Crippen molar-refractivity contribution in [2.45, 2.75) is 11.5 Å². The monoisotopic (exact) mass is 318 g/mol. The standard InChI is InChI=1S/C17H19FN2OS/c18-15-3-1-2-14(12-15)13-21-16-4-6-17(7-5-16)22-20-10-8-19-9-11-20/h1-7,12,19H,8-11,13H2. The maximum absolute atomic E-state index is 13.1. The SMILES string of the molecule is Fc1cccc(COc2ccc(SN3CCNCC3)cc2)c1. The third kappa shape index (κ3) is 4.47. The van der Waals surface area contributed by atoms with E-state index in [0.717, 1.165) is 37.5 Å². The van der Waals surface area contributed by atoms with Crippen molar-refractivity contribution in [2.75, 3.05) is 26.2 Å². The van der Waals surface area contributed by atoms with Crippen LogP contribution in [0, 0.1) is 5.82 Å². The minimum Gasteiger partial charge on any atom is -0.489 e. The Bertz CT molecular complexity index is 600. The number of rotatable bonds is 5. The van der Waals surface area contributed by atoms with Gasteiger partial charge in [0, 0.05) is 31.1 Å². The van der Waals surface area contributed by atoms with E-state index in [-0.39, 0.29) is 5.82 Å². The summed E-state index contributed by atoms with van der Waals surface area (Å²) >= 11 is 1.78. The molecule has 116 valence electrons. The van der Waals surface area contributed by atoms with Crippen LogP contribution in [0.2, 0.25) is 0 Å². The second-order valence-corrected chi connectivity index (χ2v) is 6.33. The van der Waals surface area contributed by atoms with E-state index in [1.165, 1.54) is 17.0 Å². The normalized spacial score (nSPS) is 15.7. The molecule has 0 bridgehead atoms. The largest absolute Gasteiger partial charge is 0.489 e. The van der Waals surface area contributed by atoms with E-state index >= 15 is 0 Å². The first-order chi connectivity index (χ1) is 10.8. The van der Waals surface area contributed by atoms with Crippen LogP contribution in [0.3, 0.4) is 0 Å². The highest BCUT2D eigenvalue weighted by atomic mass is 32.2. The third-order valence-electron chi connectivity index (χ3n) is 3.43.